The zero-order valence-electron chi connectivity index (χ0n) is 9.60. The number of benzene rings is 1. The van der Waals surface area contributed by atoms with Gasteiger partial charge in [0, 0.05) is 19.6 Å². The maximum Gasteiger partial charge on any atom is 0.0667 e. The van der Waals surface area contributed by atoms with Crippen molar-refractivity contribution >= 4 is 0 Å². The molecule has 0 bridgehead atoms. The summed E-state index contributed by atoms with van der Waals surface area (Å²) < 4.78 is 0. The fourth-order valence-electron chi connectivity index (χ4n) is 2.21. The first kappa shape index (κ1) is 11.6. The van der Waals surface area contributed by atoms with Crippen molar-refractivity contribution < 1.29 is 5.11 Å². The van der Waals surface area contributed by atoms with E-state index < -0.39 is 0 Å². The molecule has 88 valence electrons. The quantitative estimate of drug-likeness (QED) is 0.802. The van der Waals surface area contributed by atoms with E-state index in [2.05, 4.69) is 29.2 Å². The SMILES string of the molecule is NCc1ccc(CN2CCCC(O)C2)cc1. The van der Waals surface area contributed by atoms with Crippen LogP contribution in [0.4, 0.5) is 0 Å². The standard InChI is InChI=1S/C13H20N2O/c14-8-11-3-5-12(6-4-11)9-15-7-1-2-13(16)10-15/h3-6,13,16H,1-2,7-10,14H2. The van der Waals surface area contributed by atoms with Gasteiger partial charge in [-0.2, -0.15) is 0 Å². The molecule has 3 N–H and O–H groups in total. The largest absolute Gasteiger partial charge is 0.392 e. The smallest absolute Gasteiger partial charge is 0.0667 e. The van der Waals surface area contributed by atoms with E-state index >= 15 is 0 Å². The van der Waals surface area contributed by atoms with E-state index in [1.807, 2.05) is 0 Å². The topological polar surface area (TPSA) is 49.5 Å². The van der Waals surface area contributed by atoms with Gasteiger partial charge in [-0.25, -0.2) is 0 Å². The lowest BCUT2D eigenvalue weighted by molar-refractivity contribution is 0.0668. The highest BCUT2D eigenvalue weighted by atomic mass is 16.3. The third-order valence-electron chi connectivity index (χ3n) is 3.15. The average molecular weight is 220 g/mol. The minimum absolute atomic E-state index is 0.142. The lowest BCUT2D eigenvalue weighted by Gasteiger charge is -2.29. The number of hydrogen-bond donors (Lipinski definition) is 2. The van der Waals surface area contributed by atoms with Crippen molar-refractivity contribution in [3.05, 3.63) is 35.4 Å². The molecule has 1 saturated heterocycles. The number of aliphatic hydroxyl groups is 1. The Kier molecular flexibility index (Phi) is 3.93. The van der Waals surface area contributed by atoms with E-state index in [-0.39, 0.29) is 6.10 Å². The number of nitrogens with zero attached hydrogens (tertiary/aromatic N) is 1. The van der Waals surface area contributed by atoms with Gasteiger partial charge in [0.05, 0.1) is 6.10 Å². The lowest BCUT2D eigenvalue weighted by atomic mass is 10.1. The van der Waals surface area contributed by atoms with Gasteiger partial charge < -0.3 is 10.8 Å². The molecule has 1 unspecified atom stereocenters. The molecule has 0 radical (unpaired) electrons. The van der Waals surface area contributed by atoms with Gasteiger partial charge in [0.2, 0.25) is 0 Å². The third kappa shape index (κ3) is 3.04. The Hall–Kier alpha value is -0.900. The molecule has 0 amide bonds. The van der Waals surface area contributed by atoms with Crippen LogP contribution in [0.1, 0.15) is 24.0 Å². The van der Waals surface area contributed by atoms with E-state index in [4.69, 9.17) is 5.73 Å². The Balaban J connectivity index is 1.92. The highest BCUT2D eigenvalue weighted by Gasteiger charge is 2.17. The molecule has 1 aliphatic rings. The summed E-state index contributed by atoms with van der Waals surface area (Å²) in [5.41, 5.74) is 8.03. The van der Waals surface area contributed by atoms with Crippen molar-refractivity contribution in [1.82, 2.24) is 4.90 Å². The molecule has 3 heteroatoms. The van der Waals surface area contributed by atoms with Gasteiger partial charge in [-0.1, -0.05) is 24.3 Å². The number of rotatable bonds is 3. The van der Waals surface area contributed by atoms with Crippen LogP contribution in [0.5, 0.6) is 0 Å². The molecule has 16 heavy (non-hydrogen) atoms. The molecule has 1 atom stereocenters. The van der Waals surface area contributed by atoms with Crippen molar-refractivity contribution in [2.24, 2.45) is 5.73 Å². The monoisotopic (exact) mass is 220 g/mol. The minimum atomic E-state index is -0.142. The molecular formula is C13H20N2O. The van der Waals surface area contributed by atoms with E-state index in [9.17, 15) is 5.11 Å². The van der Waals surface area contributed by atoms with Gasteiger partial charge in [-0.05, 0) is 30.5 Å². The van der Waals surface area contributed by atoms with Gasteiger partial charge in [-0.3, -0.25) is 4.90 Å². The van der Waals surface area contributed by atoms with Crippen LogP contribution in [0.3, 0.4) is 0 Å². The Morgan fingerprint density at radius 1 is 1.25 bits per heavy atom. The molecule has 1 fully saturated rings. The summed E-state index contributed by atoms with van der Waals surface area (Å²) in [6, 6.07) is 8.41. The van der Waals surface area contributed by atoms with Gasteiger partial charge in [0.1, 0.15) is 0 Å². The first-order valence-corrected chi connectivity index (χ1v) is 5.96. The Morgan fingerprint density at radius 3 is 2.56 bits per heavy atom. The van der Waals surface area contributed by atoms with Gasteiger partial charge in [0.25, 0.3) is 0 Å². The summed E-state index contributed by atoms with van der Waals surface area (Å²) in [6.45, 7) is 3.43. The first-order valence-electron chi connectivity index (χ1n) is 5.96. The number of aliphatic hydroxyl groups excluding tert-OH is 1. The second kappa shape index (κ2) is 5.43. The summed E-state index contributed by atoms with van der Waals surface area (Å²) >= 11 is 0. The lowest BCUT2D eigenvalue weighted by Crippen LogP contribution is -2.37. The van der Waals surface area contributed by atoms with Gasteiger partial charge in [-0.15, -0.1) is 0 Å². The average Bonchev–Trinajstić information content (AvgIpc) is 2.30. The Bertz CT molecular complexity index is 323. The maximum atomic E-state index is 9.58. The summed E-state index contributed by atoms with van der Waals surface area (Å²) in [4.78, 5) is 2.31. The summed E-state index contributed by atoms with van der Waals surface area (Å²) in [5, 5.41) is 9.58. The van der Waals surface area contributed by atoms with Crippen LogP contribution < -0.4 is 5.73 Å². The fourth-order valence-corrected chi connectivity index (χ4v) is 2.21. The number of β-amino-alcohol motifs (C(OH)–C–C–N with tert-alkyl or cyclic N) is 1. The molecule has 2 rings (SSSR count). The molecule has 0 spiro atoms. The Morgan fingerprint density at radius 2 is 1.94 bits per heavy atom. The number of nitrogens with two attached hydrogens (primary N) is 1. The van der Waals surface area contributed by atoms with E-state index in [1.165, 1.54) is 11.1 Å². The molecule has 1 heterocycles. The van der Waals surface area contributed by atoms with Crippen LogP contribution in [-0.4, -0.2) is 29.2 Å². The molecule has 1 aromatic rings. The summed E-state index contributed by atoms with van der Waals surface area (Å²) in [5.74, 6) is 0. The van der Waals surface area contributed by atoms with Crippen molar-refractivity contribution in [3.63, 3.8) is 0 Å². The Labute approximate surface area is 96.9 Å². The predicted octanol–water partition coefficient (Wildman–Crippen LogP) is 1.10. The molecule has 0 aromatic heterocycles. The summed E-state index contributed by atoms with van der Waals surface area (Å²) in [7, 11) is 0. The van der Waals surface area contributed by atoms with E-state index in [0.29, 0.717) is 6.54 Å². The fraction of sp³-hybridized carbons (Fsp3) is 0.538. The van der Waals surface area contributed by atoms with Crippen LogP contribution in [0, 0.1) is 0 Å². The van der Waals surface area contributed by atoms with Gasteiger partial charge >= 0.3 is 0 Å². The molecule has 1 aromatic carbocycles. The number of piperidine rings is 1. The van der Waals surface area contributed by atoms with Crippen LogP contribution in [0.25, 0.3) is 0 Å². The zero-order valence-corrected chi connectivity index (χ0v) is 9.60. The number of hydrogen-bond acceptors (Lipinski definition) is 3. The first-order chi connectivity index (χ1) is 7.78. The predicted molar refractivity (Wildman–Crippen MR) is 64.9 cm³/mol. The van der Waals surface area contributed by atoms with Crippen molar-refractivity contribution in [2.75, 3.05) is 13.1 Å². The van der Waals surface area contributed by atoms with Crippen LogP contribution in [-0.2, 0) is 13.1 Å². The van der Waals surface area contributed by atoms with Crippen LogP contribution in [0.2, 0.25) is 0 Å². The highest BCUT2D eigenvalue weighted by molar-refractivity contribution is 5.22. The van der Waals surface area contributed by atoms with Crippen molar-refractivity contribution in [2.45, 2.75) is 32.0 Å². The minimum Gasteiger partial charge on any atom is -0.392 e. The van der Waals surface area contributed by atoms with Crippen molar-refractivity contribution in [3.8, 4) is 0 Å². The molecular weight excluding hydrogens is 200 g/mol. The molecule has 3 nitrogen and oxygen atoms in total. The number of likely N-dealkylation sites (tertiary alicyclic amines) is 1. The summed E-state index contributed by atoms with van der Waals surface area (Å²) in [6.07, 6.45) is 1.90. The molecule has 0 saturated carbocycles. The third-order valence-corrected chi connectivity index (χ3v) is 3.15. The second-order valence-electron chi connectivity index (χ2n) is 4.55. The van der Waals surface area contributed by atoms with Crippen LogP contribution >= 0.6 is 0 Å². The van der Waals surface area contributed by atoms with Crippen molar-refractivity contribution in [1.29, 1.82) is 0 Å². The van der Waals surface area contributed by atoms with E-state index in [1.54, 1.807) is 0 Å². The molecule has 1 aliphatic heterocycles. The molecule has 0 aliphatic carbocycles. The van der Waals surface area contributed by atoms with Gasteiger partial charge in [0.15, 0.2) is 0 Å². The normalized spacial score (nSPS) is 22.2. The maximum absolute atomic E-state index is 9.58. The zero-order chi connectivity index (χ0) is 11.4. The van der Waals surface area contributed by atoms with Crippen LogP contribution in [0.15, 0.2) is 24.3 Å². The van der Waals surface area contributed by atoms with E-state index in [0.717, 1.165) is 32.5 Å². The second-order valence-corrected chi connectivity index (χ2v) is 4.55. The highest BCUT2D eigenvalue weighted by Crippen LogP contribution is 2.14.